The lowest BCUT2D eigenvalue weighted by molar-refractivity contribution is -0.123. The summed E-state index contributed by atoms with van der Waals surface area (Å²) in [7, 11) is -3.67. The average molecular weight is 445 g/mol. The maximum atomic E-state index is 13.3. The van der Waals surface area contributed by atoms with Gasteiger partial charge in [-0.25, -0.2) is 8.42 Å². The van der Waals surface area contributed by atoms with E-state index in [-0.39, 0.29) is 11.9 Å². The van der Waals surface area contributed by atoms with Crippen molar-refractivity contribution in [2.24, 2.45) is 0 Å². The third kappa shape index (κ3) is 5.03. The summed E-state index contributed by atoms with van der Waals surface area (Å²) in [6, 6.07) is 10.2. The maximum Gasteiger partial charge on any atom is 0.244 e. The van der Waals surface area contributed by atoms with Gasteiger partial charge in [0.15, 0.2) is 0 Å². The Labute approximate surface area is 185 Å². The molecule has 0 unspecified atom stereocenters. The van der Waals surface area contributed by atoms with E-state index in [0.717, 1.165) is 34.3 Å². The number of rotatable bonds is 5. The molecule has 0 saturated carbocycles. The third-order valence-corrected chi connectivity index (χ3v) is 7.02. The van der Waals surface area contributed by atoms with Crippen LogP contribution >= 0.6 is 0 Å². The van der Waals surface area contributed by atoms with Crippen LogP contribution in [0.25, 0.3) is 0 Å². The zero-order valence-corrected chi connectivity index (χ0v) is 20.1. The molecule has 31 heavy (non-hydrogen) atoms. The van der Waals surface area contributed by atoms with Crippen molar-refractivity contribution in [2.75, 3.05) is 10.6 Å². The molecular weight excluding hydrogens is 412 g/mol. The van der Waals surface area contributed by atoms with Crippen molar-refractivity contribution in [3.63, 3.8) is 0 Å². The van der Waals surface area contributed by atoms with Gasteiger partial charge in [-0.1, -0.05) is 18.2 Å². The normalized spacial score (nSPS) is 18.5. The van der Waals surface area contributed by atoms with Gasteiger partial charge in [0.05, 0.1) is 18.0 Å². The van der Waals surface area contributed by atoms with Crippen LogP contribution in [0.1, 0.15) is 55.5 Å². The van der Waals surface area contributed by atoms with E-state index in [2.05, 4.69) is 5.32 Å². The average Bonchev–Trinajstić information content (AvgIpc) is 2.62. The number of nitrogens with one attached hydrogen (secondary N) is 1. The molecule has 168 valence electrons. The second kappa shape index (κ2) is 8.19. The predicted molar refractivity (Wildman–Crippen MR) is 124 cm³/mol. The number of amides is 1. The molecule has 6 nitrogen and oxygen atoms in total. The van der Waals surface area contributed by atoms with Gasteiger partial charge >= 0.3 is 0 Å². The molecule has 0 aromatic heterocycles. The number of hydrogen-bond donors (Lipinski definition) is 1. The number of carbonyl (C=O) groups is 1. The van der Waals surface area contributed by atoms with Crippen LogP contribution in [0.15, 0.2) is 36.4 Å². The first-order valence-corrected chi connectivity index (χ1v) is 12.3. The van der Waals surface area contributed by atoms with Crippen LogP contribution in [-0.2, 0) is 14.8 Å². The van der Waals surface area contributed by atoms with Crippen LogP contribution in [0.5, 0.6) is 5.75 Å². The lowest BCUT2D eigenvalue weighted by Gasteiger charge is -2.39. The smallest absolute Gasteiger partial charge is 0.244 e. The van der Waals surface area contributed by atoms with Crippen LogP contribution in [0, 0.1) is 20.8 Å². The first-order chi connectivity index (χ1) is 14.3. The Balaban J connectivity index is 1.92. The molecule has 0 fully saturated rings. The topological polar surface area (TPSA) is 75.7 Å². The Morgan fingerprint density at radius 3 is 2.42 bits per heavy atom. The van der Waals surface area contributed by atoms with Gasteiger partial charge in [-0.3, -0.25) is 9.10 Å². The summed E-state index contributed by atoms with van der Waals surface area (Å²) in [6.07, 6.45) is 1.71. The van der Waals surface area contributed by atoms with Crippen LogP contribution < -0.4 is 14.4 Å². The van der Waals surface area contributed by atoms with Crippen molar-refractivity contribution in [3.8, 4) is 5.75 Å². The molecule has 1 amide bonds. The van der Waals surface area contributed by atoms with Crippen LogP contribution in [0.4, 0.5) is 5.69 Å². The maximum absolute atomic E-state index is 13.3. The lowest BCUT2D eigenvalue weighted by atomic mass is 9.89. The number of fused-ring (bicyclic) bond motifs is 1. The van der Waals surface area contributed by atoms with E-state index in [1.807, 2.05) is 58.9 Å². The molecule has 0 bridgehead atoms. The zero-order chi connectivity index (χ0) is 23.1. The second-order valence-corrected chi connectivity index (χ2v) is 11.0. The molecule has 0 saturated heterocycles. The van der Waals surface area contributed by atoms with E-state index in [4.69, 9.17) is 4.74 Å². The fraction of sp³-hybridized carbons (Fsp3) is 0.458. The quantitative estimate of drug-likeness (QED) is 0.750. The van der Waals surface area contributed by atoms with Gasteiger partial charge < -0.3 is 10.1 Å². The lowest BCUT2D eigenvalue weighted by Crippen LogP contribution is -2.50. The van der Waals surface area contributed by atoms with E-state index in [0.29, 0.717) is 12.1 Å². The molecular formula is C24H32N2O4S. The summed E-state index contributed by atoms with van der Waals surface area (Å²) in [5, 5.41) is 3.07. The SMILES string of the molecule is Cc1ccc2c(c1)OC(C)(C)C[C@H]2NC(=O)[C@@H](C)N(c1ccc(C)c(C)c1)S(C)(=O)=O. The highest BCUT2D eigenvalue weighted by Gasteiger charge is 2.37. The molecule has 7 heteroatoms. The van der Waals surface area contributed by atoms with Gasteiger partial charge in [0.25, 0.3) is 0 Å². The van der Waals surface area contributed by atoms with Gasteiger partial charge in [-0.2, -0.15) is 0 Å². The summed E-state index contributed by atoms with van der Waals surface area (Å²) in [4.78, 5) is 13.3. The number of benzene rings is 2. The van der Waals surface area contributed by atoms with Crippen LogP contribution in [-0.4, -0.2) is 32.2 Å². The van der Waals surface area contributed by atoms with Crippen LogP contribution in [0.2, 0.25) is 0 Å². The molecule has 1 aliphatic rings. The third-order valence-electron chi connectivity index (χ3n) is 5.78. The van der Waals surface area contributed by atoms with Gasteiger partial charge in [-0.15, -0.1) is 0 Å². The molecule has 1 heterocycles. The molecule has 0 spiro atoms. The Kier molecular flexibility index (Phi) is 6.11. The van der Waals surface area contributed by atoms with Crippen molar-refractivity contribution < 1.29 is 17.9 Å². The number of nitrogens with zero attached hydrogens (tertiary/aromatic N) is 1. The number of aryl methyl sites for hydroxylation is 3. The Morgan fingerprint density at radius 2 is 1.81 bits per heavy atom. The van der Waals surface area contributed by atoms with Crippen molar-refractivity contribution >= 4 is 21.6 Å². The highest BCUT2D eigenvalue weighted by molar-refractivity contribution is 7.92. The minimum atomic E-state index is -3.67. The second-order valence-electron chi connectivity index (χ2n) is 9.17. The zero-order valence-electron chi connectivity index (χ0n) is 19.3. The van der Waals surface area contributed by atoms with Gasteiger partial charge in [0.1, 0.15) is 17.4 Å². The highest BCUT2D eigenvalue weighted by Crippen LogP contribution is 2.40. The molecule has 2 atom stereocenters. The van der Waals surface area contributed by atoms with E-state index in [9.17, 15) is 13.2 Å². The summed E-state index contributed by atoms with van der Waals surface area (Å²) in [5.41, 5.74) is 4.04. The monoisotopic (exact) mass is 444 g/mol. The minimum Gasteiger partial charge on any atom is -0.487 e. The standard InChI is InChI=1S/C24H32N2O4S/c1-15-8-11-20-21(14-24(5,6)30-22(20)12-15)25-23(27)18(4)26(31(7,28)29)19-10-9-16(2)17(3)13-19/h8-13,18,21H,14H2,1-7H3,(H,25,27)/t18-,21-/m1/s1. The van der Waals surface area contributed by atoms with Gasteiger partial charge in [0, 0.05) is 12.0 Å². The first kappa shape index (κ1) is 23.1. The fourth-order valence-electron chi connectivity index (χ4n) is 4.05. The Morgan fingerprint density at radius 1 is 1.13 bits per heavy atom. The molecule has 1 aliphatic heterocycles. The van der Waals surface area contributed by atoms with Gasteiger partial charge in [-0.05, 0) is 76.4 Å². The molecule has 2 aromatic carbocycles. The van der Waals surface area contributed by atoms with E-state index in [1.165, 1.54) is 4.31 Å². The molecule has 0 aliphatic carbocycles. The number of hydrogen-bond acceptors (Lipinski definition) is 4. The summed E-state index contributed by atoms with van der Waals surface area (Å²) in [5.74, 6) is 0.404. The number of sulfonamides is 1. The number of carbonyl (C=O) groups excluding carboxylic acids is 1. The Hall–Kier alpha value is -2.54. The van der Waals surface area contributed by atoms with Crippen molar-refractivity contribution in [1.82, 2.24) is 5.32 Å². The molecule has 0 radical (unpaired) electrons. The Bertz CT molecular complexity index is 1110. The van der Waals surface area contributed by atoms with Crippen LogP contribution in [0.3, 0.4) is 0 Å². The minimum absolute atomic E-state index is 0.268. The highest BCUT2D eigenvalue weighted by atomic mass is 32.2. The number of anilines is 1. The molecule has 1 N–H and O–H groups in total. The first-order valence-electron chi connectivity index (χ1n) is 10.4. The summed E-state index contributed by atoms with van der Waals surface area (Å²) < 4.78 is 32.6. The van der Waals surface area contributed by atoms with E-state index < -0.39 is 21.7 Å². The molecule has 2 aromatic rings. The predicted octanol–water partition coefficient (Wildman–Crippen LogP) is 4.18. The van der Waals surface area contributed by atoms with Gasteiger partial charge in [0.2, 0.25) is 15.9 Å². The largest absolute Gasteiger partial charge is 0.487 e. The number of ether oxygens (including phenoxy) is 1. The fourth-order valence-corrected chi connectivity index (χ4v) is 5.22. The van der Waals surface area contributed by atoms with E-state index in [1.54, 1.807) is 19.1 Å². The van der Waals surface area contributed by atoms with Crippen molar-refractivity contribution in [2.45, 2.75) is 65.6 Å². The summed E-state index contributed by atoms with van der Waals surface area (Å²) >= 11 is 0. The van der Waals surface area contributed by atoms with Crippen molar-refractivity contribution in [1.29, 1.82) is 0 Å². The van der Waals surface area contributed by atoms with E-state index >= 15 is 0 Å². The van der Waals surface area contributed by atoms with Crippen molar-refractivity contribution in [3.05, 3.63) is 58.7 Å². The summed E-state index contributed by atoms with van der Waals surface area (Å²) in [6.45, 7) is 11.5. The molecule has 3 rings (SSSR count).